The first-order valence-corrected chi connectivity index (χ1v) is 12.4. The van der Waals surface area contributed by atoms with E-state index < -0.39 is 11.6 Å². The minimum absolute atomic E-state index is 0.0280. The summed E-state index contributed by atoms with van der Waals surface area (Å²) in [7, 11) is 0. The maximum absolute atomic E-state index is 14.9. The quantitative estimate of drug-likeness (QED) is 0.518. The van der Waals surface area contributed by atoms with Crippen molar-refractivity contribution in [2.45, 2.75) is 32.6 Å². The van der Waals surface area contributed by atoms with E-state index in [9.17, 15) is 13.6 Å². The van der Waals surface area contributed by atoms with Gasteiger partial charge < -0.3 is 24.4 Å². The average Bonchev–Trinajstić information content (AvgIpc) is 3.24. The summed E-state index contributed by atoms with van der Waals surface area (Å²) in [5.41, 5.74) is 0.247. The summed E-state index contributed by atoms with van der Waals surface area (Å²) in [4.78, 5) is 25.6. The van der Waals surface area contributed by atoms with E-state index in [4.69, 9.17) is 4.74 Å². The van der Waals surface area contributed by atoms with Gasteiger partial charge in [0, 0.05) is 44.9 Å². The van der Waals surface area contributed by atoms with Crippen molar-refractivity contribution < 1.29 is 13.5 Å². The molecule has 1 N–H and O–H groups in total. The van der Waals surface area contributed by atoms with Crippen LogP contribution >= 0.6 is 0 Å². The van der Waals surface area contributed by atoms with Crippen LogP contribution < -0.4 is 20.1 Å². The molecule has 0 atom stereocenters. The summed E-state index contributed by atoms with van der Waals surface area (Å²) >= 11 is 0. The van der Waals surface area contributed by atoms with Gasteiger partial charge in [0.05, 0.1) is 19.0 Å². The molecule has 35 heavy (non-hydrogen) atoms. The third kappa shape index (κ3) is 5.12. The van der Waals surface area contributed by atoms with Gasteiger partial charge in [-0.05, 0) is 39.3 Å². The number of nitrogens with one attached hydrogen (secondary N) is 1. The number of nitrogens with zero attached hydrogens (tertiary/aromatic N) is 5. The zero-order chi connectivity index (χ0) is 24.4. The average molecular weight is 487 g/mol. The third-order valence-corrected chi connectivity index (χ3v) is 6.97. The number of aryl methyl sites for hydroxylation is 1. The Hall–Kier alpha value is -3.14. The zero-order valence-corrected chi connectivity index (χ0v) is 20.1. The molecular formula is C25H32F2N6O2. The first-order valence-electron chi connectivity index (χ1n) is 12.4. The molecule has 2 aliphatic rings. The second kappa shape index (κ2) is 10.2. The van der Waals surface area contributed by atoms with Crippen molar-refractivity contribution in [1.82, 2.24) is 19.3 Å². The largest absolute Gasteiger partial charge is 0.493 e. The van der Waals surface area contributed by atoms with Gasteiger partial charge in [-0.15, -0.1) is 0 Å². The molecule has 0 aliphatic carbocycles. The van der Waals surface area contributed by atoms with Crippen LogP contribution in [0.25, 0.3) is 5.52 Å². The Morgan fingerprint density at radius 3 is 2.40 bits per heavy atom. The van der Waals surface area contributed by atoms with Crippen LogP contribution in [-0.2, 0) is 0 Å². The van der Waals surface area contributed by atoms with Gasteiger partial charge in [0.25, 0.3) is 5.56 Å². The van der Waals surface area contributed by atoms with Crippen molar-refractivity contribution in [3.8, 4) is 5.75 Å². The number of halogens is 2. The van der Waals surface area contributed by atoms with Crippen molar-refractivity contribution in [2.75, 3.05) is 62.2 Å². The Morgan fingerprint density at radius 2 is 1.69 bits per heavy atom. The molecule has 0 unspecified atom stereocenters. The topological polar surface area (TPSA) is 69.1 Å². The fourth-order valence-corrected chi connectivity index (χ4v) is 5.04. The number of aromatic nitrogens is 3. The molecule has 5 rings (SSSR count). The van der Waals surface area contributed by atoms with E-state index in [2.05, 4.69) is 14.9 Å². The Kier molecular flexibility index (Phi) is 6.90. The normalized spacial score (nSPS) is 17.3. The molecule has 4 heterocycles. The molecule has 1 aromatic carbocycles. The molecule has 0 spiro atoms. The molecule has 3 aromatic rings. The predicted octanol–water partition coefficient (Wildman–Crippen LogP) is 3.19. The Balaban J connectivity index is 1.18. The molecule has 0 radical (unpaired) electrons. The fourth-order valence-electron chi connectivity index (χ4n) is 5.04. The smallest absolute Gasteiger partial charge is 0.275 e. The van der Waals surface area contributed by atoms with E-state index in [-0.39, 0.29) is 17.0 Å². The number of fused-ring (bicyclic) bond motifs is 1. The van der Waals surface area contributed by atoms with E-state index in [1.54, 1.807) is 15.5 Å². The van der Waals surface area contributed by atoms with E-state index in [1.165, 1.54) is 31.4 Å². The number of aromatic amines is 1. The van der Waals surface area contributed by atoms with Crippen molar-refractivity contribution in [1.29, 1.82) is 0 Å². The van der Waals surface area contributed by atoms with Crippen LogP contribution in [-0.4, -0.2) is 71.7 Å². The zero-order valence-electron chi connectivity index (χ0n) is 20.1. The fraction of sp³-hybridized carbons (Fsp3) is 0.520. The summed E-state index contributed by atoms with van der Waals surface area (Å²) in [6.07, 6.45) is 8.00. The summed E-state index contributed by atoms with van der Waals surface area (Å²) in [6.45, 7) is 7.35. The number of imidazole rings is 1. The molecule has 0 saturated carbocycles. The molecule has 2 fully saturated rings. The predicted molar refractivity (Wildman–Crippen MR) is 132 cm³/mol. The summed E-state index contributed by atoms with van der Waals surface area (Å²) in [6, 6.07) is 2.55. The van der Waals surface area contributed by atoms with Gasteiger partial charge in [0.15, 0.2) is 11.6 Å². The number of anilines is 2. The Labute approximate surface area is 203 Å². The van der Waals surface area contributed by atoms with Crippen LogP contribution in [0.15, 0.2) is 29.3 Å². The molecule has 2 aromatic heterocycles. The number of hydrogen-bond acceptors (Lipinski definition) is 6. The highest BCUT2D eigenvalue weighted by molar-refractivity contribution is 5.55. The van der Waals surface area contributed by atoms with E-state index >= 15 is 0 Å². The Bertz CT molecular complexity index is 1210. The molecule has 188 valence electrons. The van der Waals surface area contributed by atoms with Crippen LogP contribution in [0.4, 0.5) is 20.3 Å². The molecule has 2 aliphatic heterocycles. The standard InChI is InChI=1S/C25H32F2N6O2/c1-18-28-16-22-25(34)29-23(17-33(18)22)31-9-11-32(12-10-31)24-20(26)14-19(15-21(24)27)35-13-5-8-30-6-3-2-4-7-30/h14-17H,2-13H2,1H3,(H,29,34). The SMILES string of the molecule is Cc1ncc2c(=O)[nH]c(N3CCN(c4c(F)cc(OCCCN5CCCCC5)cc4F)CC3)cn12. The highest BCUT2D eigenvalue weighted by atomic mass is 19.1. The first-order chi connectivity index (χ1) is 17.0. The highest BCUT2D eigenvalue weighted by Crippen LogP contribution is 2.29. The lowest BCUT2D eigenvalue weighted by Gasteiger charge is -2.37. The van der Waals surface area contributed by atoms with E-state index in [1.807, 2.05) is 18.0 Å². The molecule has 2 saturated heterocycles. The number of piperazine rings is 1. The lowest BCUT2D eigenvalue weighted by atomic mass is 10.1. The van der Waals surface area contributed by atoms with Crippen LogP contribution in [0.1, 0.15) is 31.5 Å². The molecular weight excluding hydrogens is 454 g/mol. The lowest BCUT2D eigenvalue weighted by Crippen LogP contribution is -2.47. The van der Waals surface area contributed by atoms with Gasteiger partial charge in [-0.2, -0.15) is 0 Å². The van der Waals surface area contributed by atoms with Crippen molar-refractivity contribution >= 4 is 17.0 Å². The lowest BCUT2D eigenvalue weighted by molar-refractivity contribution is 0.204. The van der Waals surface area contributed by atoms with Gasteiger partial charge in [0.2, 0.25) is 0 Å². The van der Waals surface area contributed by atoms with E-state index in [0.717, 1.165) is 31.9 Å². The monoisotopic (exact) mass is 486 g/mol. The number of H-pyrrole nitrogens is 1. The van der Waals surface area contributed by atoms with Crippen LogP contribution in [0.5, 0.6) is 5.75 Å². The number of rotatable bonds is 7. The van der Waals surface area contributed by atoms with Gasteiger partial charge in [-0.25, -0.2) is 13.8 Å². The number of likely N-dealkylation sites (tertiary alicyclic amines) is 1. The van der Waals surface area contributed by atoms with Gasteiger partial charge in [0.1, 0.15) is 28.6 Å². The minimum Gasteiger partial charge on any atom is -0.493 e. The maximum Gasteiger partial charge on any atom is 0.275 e. The van der Waals surface area contributed by atoms with Crippen molar-refractivity contribution in [3.63, 3.8) is 0 Å². The van der Waals surface area contributed by atoms with Gasteiger partial charge >= 0.3 is 0 Å². The summed E-state index contributed by atoms with van der Waals surface area (Å²) in [5, 5.41) is 0. The summed E-state index contributed by atoms with van der Waals surface area (Å²) in [5.74, 6) is 0.380. The van der Waals surface area contributed by atoms with Gasteiger partial charge in [-0.1, -0.05) is 6.42 Å². The first kappa shape index (κ1) is 23.6. The Morgan fingerprint density at radius 1 is 1.00 bits per heavy atom. The number of hydrogen-bond donors (Lipinski definition) is 1. The third-order valence-electron chi connectivity index (χ3n) is 6.97. The molecule has 10 heteroatoms. The molecule has 0 bridgehead atoms. The van der Waals surface area contributed by atoms with Crippen LogP contribution in [0, 0.1) is 18.6 Å². The maximum atomic E-state index is 14.9. The molecule has 8 nitrogen and oxygen atoms in total. The highest BCUT2D eigenvalue weighted by Gasteiger charge is 2.24. The van der Waals surface area contributed by atoms with Crippen LogP contribution in [0.3, 0.4) is 0 Å². The van der Waals surface area contributed by atoms with Crippen molar-refractivity contribution in [2.24, 2.45) is 0 Å². The van der Waals surface area contributed by atoms with Gasteiger partial charge in [-0.3, -0.25) is 9.20 Å². The summed E-state index contributed by atoms with van der Waals surface area (Å²) < 4.78 is 37.2. The number of piperidine rings is 1. The minimum atomic E-state index is -0.617. The van der Waals surface area contributed by atoms with Crippen LogP contribution in [0.2, 0.25) is 0 Å². The molecule has 0 amide bonds. The number of benzene rings is 1. The second-order valence-electron chi connectivity index (χ2n) is 9.34. The number of ether oxygens (including phenoxy) is 1. The van der Waals surface area contributed by atoms with Crippen molar-refractivity contribution in [3.05, 3.63) is 52.3 Å². The van der Waals surface area contributed by atoms with E-state index in [0.29, 0.717) is 44.1 Å². The second-order valence-corrected chi connectivity index (χ2v) is 9.34.